The van der Waals surface area contributed by atoms with Gasteiger partial charge < -0.3 is 29.9 Å². The Bertz CT molecular complexity index is 1840. The minimum Gasteiger partial charge on any atom is -0.469 e. The van der Waals surface area contributed by atoms with Gasteiger partial charge in [-0.2, -0.15) is 0 Å². The predicted molar refractivity (Wildman–Crippen MR) is 174 cm³/mol. The molecule has 0 aliphatic carbocycles. The van der Waals surface area contributed by atoms with E-state index in [-0.39, 0.29) is 30.7 Å². The van der Waals surface area contributed by atoms with Crippen LogP contribution in [0.15, 0.2) is 58.3 Å². The predicted octanol–water partition coefficient (Wildman–Crippen LogP) is 3.03. The van der Waals surface area contributed by atoms with Gasteiger partial charge in [0.05, 0.1) is 19.9 Å². The molecule has 0 saturated heterocycles. The summed E-state index contributed by atoms with van der Waals surface area (Å²) in [5.74, 6) is -0.862. The van der Waals surface area contributed by atoms with Crippen LogP contribution < -0.4 is 16.0 Å². The Morgan fingerprint density at radius 1 is 0.844 bits per heavy atom. The summed E-state index contributed by atoms with van der Waals surface area (Å²) in [7, 11) is 2.72. The standard InChI is InChI=1S/C35H40N4O6/c1-9-22-21(6)34(42)39-29(22)16-27-20(5)25(12-14-33(41)45-8)31(37-27)17-30-24(11-13-32(40)44-7)19(4)26(36-30)15-28-18(3)23(10-2)35(43)38-28/h9-10,15-17,34,36-37,42H,1-2,11-14H2,3-8H3,(H,38,43)/b27-16?,28-15-,31-17-. The molecular weight excluding hydrogens is 572 g/mol. The molecule has 0 fully saturated rings. The van der Waals surface area contributed by atoms with E-state index >= 15 is 0 Å². The zero-order chi connectivity index (χ0) is 33.0. The third kappa shape index (κ3) is 6.76. The first-order valence-corrected chi connectivity index (χ1v) is 14.7. The molecule has 0 saturated carbocycles. The summed E-state index contributed by atoms with van der Waals surface area (Å²) < 4.78 is 9.81. The number of H-pyrrole nitrogens is 2. The van der Waals surface area contributed by atoms with Gasteiger partial charge in [-0.1, -0.05) is 25.3 Å². The Hall–Kier alpha value is -4.96. The molecule has 0 bridgehead atoms. The van der Waals surface area contributed by atoms with E-state index < -0.39 is 6.23 Å². The fourth-order valence-electron chi connectivity index (χ4n) is 5.63. The highest BCUT2D eigenvalue weighted by atomic mass is 16.5. The Morgan fingerprint density at radius 3 is 2.04 bits per heavy atom. The monoisotopic (exact) mass is 612 g/mol. The third-order valence-electron chi connectivity index (χ3n) is 8.43. The molecule has 4 rings (SSSR count). The zero-order valence-corrected chi connectivity index (χ0v) is 26.6. The van der Waals surface area contributed by atoms with Crippen LogP contribution in [0.1, 0.15) is 60.3 Å². The van der Waals surface area contributed by atoms with E-state index in [0.717, 1.165) is 61.1 Å². The van der Waals surface area contributed by atoms with Crippen molar-refractivity contribution < 1.29 is 29.0 Å². The molecule has 236 valence electrons. The van der Waals surface area contributed by atoms with Crippen LogP contribution in [-0.2, 0) is 36.7 Å². The summed E-state index contributed by atoms with van der Waals surface area (Å²) >= 11 is 0. The number of allylic oxidation sites excluding steroid dienone is 3. The van der Waals surface area contributed by atoms with Gasteiger partial charge in [0.15, 0.2) is 6.23 Å². The number of aromatic nitrogens is 2. The van der Waals surface area contributed by atoms with Gasteiger partial charge in [-0.15, -0.1) is 0 Å². The molecule has 2 aromatic heterocycles. The minimum absolute atomic E-state index is 0.179. The summed E-state index contributed by atoms with van der Waals surface area (Å²) in [6.45, 7) is 15.2. The lowest BCUT2D eigenvalue weighted by atomic mass is 10.0. The quantitative estimate of drug-likeness (QED) is 0.287. The number of aliphatic hydroxyl groups is 1. The molecule has 1 unspecified atom stereocenters. The number of hydrogen-bond acceptors (Lipinski definition) is 7. The van der Waals surface area contributed by atoms with Gasteiger partial charge in [-0.25, -0.2) is 4.99 Å². The molecule has 0 radical (unpaired) electrons. The highest BCUT2D eigenvalue weighted by Gasteiger charge is 2.24. The van der Waals surface area contributed by atoms with Crippen molar-refractivity contribution in [3.05, 3.63) is 97.6 Å². The van der Waals surface area contributed by atoms with Gasteiger partial charge in [-0.05, 0) is 92.2 Å². The first kappa shape index (κ1) is 32.9. The SMILES string of the molecule is C=CC1=C(C)/C(=C/c2[nH]c(/C=c3\[nH]c(=CC4=NC(O)C(C)=C4C=C)c(C)c3CCC(=O)OC)c(CCC(=O)OC)c2C)NC1=O. The van der Waals surface area contributed by atoms with Gasteiger partial charge in [0.1, 0.15) is 0 Å². The van der Waals surface area contributed by atoms with E-state index in [1.54, 1.807) is 12.2 Å². The van der Waals surface area contributed by atoms with Crippen LogP contribution >= 0.6 is 0 Å². The Morgan fingerprint density at radius 2 is 1.47 bits per heavy atom. The van der Waals surface area contributed by atoms with E-state index in [4.69, 9.17) is 9.47 Å². The van der Waals surface area contributed by atoms with E-state index in [2.05, 4.69) is 33.4 Å². The number of carbonyl (C=O) groups excluding carboxylic acids is 3. The molecule has 2 aromatic rings. The van der Waals surface area contributed by atoms with Gasteiger partial charge in [-0.3, -0.25) is 14.4 Å². The molecule has 1 amide bonds. The second-order valence-electron chi connectivity index (χ2n) is 11.0. The molecule has 0 spiro atoms. The highest BCUT2D eigenvalue weighted by Crippen LogP contribution is 2.27. The normalized spacial score (nSPS) is 18.2. The molecule has 45 heavy (non-hydrogen) atoms. The Labute approximate surface area is 262 Å². The number of rotatable bonds is 11. The molecule has 1 atom stereocenters. The molecule has 0 aromatic carbocycles. The minimum atomic E-state index is -0.929. The van der Waals surface area contributed by atoms with Crippen molar-refractivity contribution in [3.8, 4) is 0 Å². The number of nitrogens with zero attached hydrogens (tertiary/aromatic N) is 1. The first-order chi connectivity index (χ1) is 21.4. The maximum atomic E-state index is 12.4. The van der Waals surface area contributed by atoms with Crippen molar-refractivity contribution in [3.63, 3.8) is 0 Å². The number of aromatic amines is 2. The molecule has 10 heteroatoms. The van der Waals surface area contributed by atoms with Gasteiger partial charge in [0, 0.05) is 51.8 Å². The smallest absolute Gasteiger partial charge is 0.305 e. The maximum Gasteiger partial charge on any atom is 0.305 e. The summed E-state index contributed by atoms with van der Waals surface area (Å²) in [5, 5.41) is 14.8. The number of carbonyl (C=O) groups is 3. The number of methoxy groups -OCH3 is 2. The number of hydrogen-bond donors (Lipinski definition) is 4. The van der Waals surface area contributed by atoms with Crippen molar-refractivity contribution in [1.82, 2.24) is 15.3 Å². The van der Waals surface area contributed by atoms with Crippen LogP contribution in [0.25, 0.3) is 18.2 Å². The summed E-state index contributed by atoms with van der Waals surface area (Å²) in [5.41, 5.74) is 9.28. The second kappa shape index (κ2) is 13.8. The second-order valence-corrected chi connectivity index (χ2v) is 11.0. The third-order valence-corrected chi connectivity index (χ3v) is 8.43. The number of ether oxygens (including phenoxy) is 2. The molecule has 2 aliphatic rings. The largest absolute Gasteiger partial charge is 0.469 e. The molecular formula is C35H40N4O6. The van der Waals surface area contributed by atoms with E-state index in [1.165, 1.54) is 14.2 Å². The van der Waals surface area contributed by atoms with Gasteiger partial charge in [0.2, 0.25) is 0 Å². The summed E-state index contributed by atoms with van der Waals surface area (Å²) in [6.07, 6.45) is 9.20. The van der Waals surface area contributed by atoms with E-state index in [0.29, 0.717) is 29.8 Å². The average Bonchev–Trinajstić information content (AvgIpc) is 3.66. The van der Waals surface area contributed by atoms with Crippen molar-refractivity contribution >= 4 is 41.8 Å². The number of amides is 1. The average molecular weight is 613 g/mol. The fraction of sp³-hybridized carbons (Fsp3) is 0.314. The lowest BCUT2D eigenvalue weighted by Gasteiger charge is -2.03. The van der Waals surface area contributed by atoms with E-state index in [9.17, 15) is 19.5 Å². The molecule has 4 heterocycles. The Balaban J connectivity index is 1.91. The highest BCUT2D eigenvalue weighted by molar-refractivity contribution is 6.23. The first-order valence-electron chi connectivity index (χ1n) is 14.7. The van der Waals surface area contributed by atoms with Crippen molar-refractivity contribution in [2.75, 3.05) is 14.2 Å². The van der Waals surface area contributed by atoms with Crippen LogP contribution in [-0.4, -0.2) is 59.1 Å². The topological polar surface area (TPSA) is 146 Å². The number of nitrogens with one attached hydrogen (secondary N) is 3. The van der Waals surface area contributed by atoms with Gasteiger partial charge >= 0.3 is 11.9 Å². The summed E-state index contributed by atoms with van der Waals surface area (Å²) in [6, 6.07) is 0. The van der Waals surface area contributed by atoms with E-state index in [1.807, 2.05) is 45.9 Å². The molecule has 2 aliphatic heterocycles. The molecule has 4 N–H and O–H groups in total. The summed E-state index contributed by atoms with van der Waals surface area (Å²) in [4.78, 5) is 48.0. The van der Waals surface area contributed by atoms with Crippen LogP contribution in [0.2, 0.25) is 0 Å². The molecule has 10 nitrogen and oxygen atoms in total. The van der Waals surface area contributed by atoms with Crippen LogP contribution in [0.4, 0.5) is 0 Å². The van der Waals surface area contributed by atoms with Crippen molar-refractivity contribution in [1.29, 1.82) is 0 Å². The maximum absolute atomic E-state index is 12.4. The zero-order valence-electron chi connectivity index (χ0n) is 26.6. The van der Waals surface area contributed by atoms with Gasteiger partial charge in [0.25, 0.3) is 5.91 Å². The Kier molecular flexibility index (Phi) is 10.1. The van der Waals surface area contributed by atoms with Crippen LogP contribution in [0.5, 0.6) is 0 Å². The lowest BCUT2D eigenvalue weighted by Crippen LogP contribution is -2.15. The number of aliphatic hydroxyl groups excluding tert-OH is 1. The number of esters is 2. The van der Waals surface area contributed by atoms with Crippen molar-refractivity contribution in [2.24, 2.45) is 4.99 Å². The number of aliphatic imine (C=N–C) groups is 1. The lowest BCUT2D eigenvalue weighted by molar-refractivity contribution is -0.141. The van der Waals surface area contributed by atoms with Crippen LogP contribution in [0, 0.1) is 13.8 Å². The van der Waals surface area contributed by atoms with Crippen molar-refractivity contribution in [2.45, 2.75) is 59.6 Å². The fourth-order valence-corrected chi connectivity index (χ4v) is 5.63. The van der Waals surface area contributed by atoms with Crippen LogP contribution in [0.3, 0.4) is 0 Å².